The largest absolute Gasteiger partial charge is 0.321 e. The van der Waals surface area contributed by atoms with Crippen LogP contribution < -0.4 is 5.32 Å². The number of hydrogen-bond acceptors (Lipinski definition) is 4. The second-order valence-corrected chi connectivity index (χ2v) is 5.77. The number of nitrogens with zero attached hydrogens (tertiary/aromatic N) is 1. The van der Waals surface area contributed by atoms with E-state index in [-0.39, 0.29) is 11.4 Å². The SMILES string of the molecule is O=C(Nc1ccc(F)c(F)c1)c1csc(-c2ccsc2)n1. The number of amides is 1. The van der Waals surface area contributed by atoms with Crippen molar-refractivity contribution in [3.63, 3.8) is 0 Å². The van der Waals surface area contributed by atoms with Crippen LogP contribution in [-0.2, 0) is 0 Å². The molecule has 0 bridgehead atoms. The average molecular weight is 322 g/mol. The van der Waals surface area contributed by atoms with Gasteiger partial charge in [0.1, 0.15) is 10.7 Å². The highest BCUT2D eigenvalue weighted by Gasteiger charge is 2.13. The molecule has 1 amide bonds. The molecule has 0 aliphatic carbocycles. The van der Waals surface area contributed by atoms with E-state index in [1.54, 1.807) is 16.7 Å². The molecule has 0 unspecified atom stereocenters. The molecule has 2 heterocycles. The second-order valence-electron chi connectivity index (χ2n) is 4.13. The average Bonchev–Trinajstić information content (AvgIpc) is 3.12. The molecule has 3 aromatic rings. The van der Waals surface area contributed by atoms with Crippen LogP contribution in [0.3, 0.4) is 0 Å². The summed E-state index contributed by atoms with van der Waals surface area (Å²) in [5, 5.41) is 8.72. The van der Waals surface area contributed by atoms with Crippen molar-refractivity contribution in [3.8, 4) is 10.6 Å². The normalized spacial score (nSPS) is 10.6. The quantitative estimate of drug-likeness (QED) is 0.776. The standard InChI is InChI=1S/C14H8F2N2OS2/c15-10-2-1-9(5-11(10)16)17-13(19)12-7-21-14(18-12)8-3-4-20-6-8/h1-7H,(H,17,19). The summed E-state index contributed by atoms with van der Waals surface area (Å²) in [6.07, 6.45) is 0. The minimum Gasteiger partial charge on any atom is -0.321 e. The highest BCUT2D eigenvalue weighted by atomic mass is 32.1. The molecule has 0 aliphatic heterocycles. The molecule has 2 aromatic heterocycles. The van der Waals surface area contributed by atoms with Crippen LogP contribution in [0.25, 0.3) is 10.6 Å². The maximum absolute atomic E-state index is 13.1. The molecule has 1 N–H and O–H groups in total. The van der Waals surface area contributed by atoms with E-state index in [4.69, 9.17) is 0 Å². The third-order valence-electron chi connectivity index (χ3n) is 2.68. The van der Waals surface area contributed by atoms with Gasteiger partial charge in [-0.1, -0.05) is 0 Å². The number of thiazole rings is 1. The number of halogens is 2. The first-order valence-electron chi connectivity index (χ1n) is 5.88. The van der Waals surface area contributed by atoms with Crippen LogP contribution in [0, 0.1) is 11.6 Å². The number of anilines is 1. The van der Waals surface area contributed by atoms with Gasteiger partial charge in [-0.3, -0.25) is 4.79 Å². The number of nitrogens with one attached hydrogen (secondary N) is 1. The highest BCUT2D eigenvalue weighted by Crippen LogP contribution is 2.26. The molecular weight excluding hydrogens is 314 g/mol. The summed E-state index contributed by atoms with van der Waals surface area (Å²) in [5.41, 5.74) is 1.38. The highest BCUT2D eigenvalue weighted by molar-refractivity contribution is 7.14. The van der Waals surface area contributed by atoms with Crippen LogP contribution in [0.4, 0.5) is 14.5 Å². The third kappa shape index (κ3) is 2.98. The molecule has 3 rings (SSSR count). The summed E-state index contributed by atoms with van der Waals surface area (Å²) >= 11 is 2.90. The smallest absolute Gasteiger partial charge is 0.275 e. The summed E-state index contributed by atoms with van der Waals surface area (Å²) in [6.45, 7) is 0. The summed E-state index contributed by atoms with van der Waals surface area (Å²) in [5.74, 6) is -2.43. The van der Waals surface area contributed by atoms with Crippen molar-refractivity contribution in [1.29, 1.82) is 0 Å². The zero-order chi connectivity index (χ0) is 14.8. The van der Waals surface area contributed by atoms with Crippen LogP contribution in [0.15, 0.2) is 40.4 Å². The molecule has 0 aliphatic rings. The molecule has 0 spiro atoms. The van der Waals surface area contributed by atoms with Gasteiger partial charge in [-0.05, 0) is 23.6 Å². The lowest BCUT2D eigenvalue weighted by Crippen LogP contribution is -2.12. The monoisotopic (exact) mass is 322 g/mol. The molecule has 21 heavy (non-hydrogen) atoms. The van der Waals surface area contributed by atoms with Crippen LogP contribution in [-0.4, -0.2) is 10.9 Å². The number of carbonyl (C=O) groups excluding carboxylic acids is 1. The first-order chi connectivity index (χ1) is 10.1. The lowest BCUT2D eigenvalue weighted by atomic mass is 10.3. The lowest BCUT2D eigenvalue weighted by Gasteiger charge is -2.03. The fourth-order valence-electron chi connectivity index (χ4n) is 1.67. The fraction of sp³-hybridized carbons (Fsp3) is 0. The van der Waals surface area contributed by atoms with Gasteiger partial charge >= 0.3 is 0 Å². The number of aromatic nitrogens is 1. The third-order valence-corrected chi connectivity index (χ3v) is 4.26. The van der Waals surface area contributed by atoms with Crippen molar-refractivity contribution >= 4 is 34.3 Å². The molecule has 0 atom stereocenters. The minimum absolute atomic E-state index is 0.184. The van der Waals surface area contributed by atoms with E-state index in [9.17, 15) is 13.6 Å². The summed E-state index contributed by atoms with van der Waals surface area (Å²) in [4.78, 5) is 16.2. The van der Waals surface area contributed by atoms with Crippen molar-refractivity contribution in [2.75, 3.05) is 5.32 Å². The van der Waals surface area contributed by atoms with Crippen LogP contribution in [0.2, 0.25) is 0 Å². The topological polar surface area (TPSA) is 42.0 Å². The van der Waals surface area contributed by atoms with Crippen molar-refractivity contribution in [3.05, 3.63) is 57.7 Å². The van der Waals surface area contributed by atoms with Gasteiger partial charge < -0.3 is 5.32 Å². The zero-order valence-corrected chi connectivity index (χ0v) is 12.1. The van der Waals surface area contributed by atoms with E-state index in [2.05, 4.69) is 10.3 Å². The Morgan fingerprint density at radius 3 is 2.71 bits per heavy atom. The van der Waals surface area contributed by atoms with Gasteiger partial charge in [0.25, 0.3) is 5.91 Å². The van der Waals surface area contributed by atoms with Crippen LogP contribution in [0.1, 0.15) is 10.5 Å². The molecule has 0 radical (unpaired) electrons. The Labute approximate surface area is 126 Å². The molecule has 3 nitrogen and oxygen atoms in total. The molecule has 1 aromatic carbocycles. The van der Waals surface area contributed by atoms with E-state index in [1.807, 2.05) is 16.8 Å². The van der Waals surface area contributed by atoms with Crippen LogP contribution >= 0.6 is 22.7 Å². The zero-order valence-electron chi connectivity index (χ0n) is 10.5. The van der Waals surface area contributed by atoms with Crippen molar-refractivity contribution in [2.24, 2.45) is 0 Å². The van der Waals surface area contributed by atoms with E-state index >= 15 is 0 Å². The van der Waals surface area contributed by atoms with Gasteiger partial charge in [-0.25, -0.2) is 13.8 Å². The summed E-state index contributed by atoms with van der Waals surface area (Å²) in [7, 11) is 0. The first-order valence-corrected chi connectivity index (χ1v) is 7.70. The minimum atomic E-state index is -1.01. The van der Waals surface area contributed by atoms with Gasteiger partial charge in [0.15, 0.2) is 11.6 Å². The van der Waals surface area contributed by atoms with Gasteiger partial charge in [-0.2, -0.15) is 11.3 Å². The van der Waals surface area contributed by atoms with Crippen molar-refractivity contribution in [1.82, 2.24) is 4.98 Å². The number of benzene rings is 1. The van der Waals surface area contributed by atoms with Crippen molar-refractivity contribution in [2.45, 2.75) is 0 Å². The van der Waals surface area contributed by atoms with E-state index in [0.717, 1.165) is 22.7 Å². The molecular formula is C14H8F2N2OS2. The van der Waals surface area contributed by atoms with E-state index in [0.29, 0.717) is 0 Å². The lowest BCUT2D eigenvalue weighted by molar-refractivity contribution is 0.102. The number of thiophene rings is 1. The molecule has 0 saturated carbocycles. The molecule has 0 fully saturated rings. The van der Waals surface area contributed by atoms with Crippen molar-refractivity contribution < 1.29 is 13.6 Å². The molecule has 7 heteroatoms. The molecule has 0 saturated heterocycles. The fourth-order valence-corrected chi connectivity index (χ4v) is 3.18. The Kier molecular flexibility index (Phi) is 3.76. The maximum atomic E-state index is 13.1. The summed E-state index contributed by atoms with van der Waals surface area (Å²) < 4.78 is 25.9. The van der Waals surface area contributed by atoms with Gasteiger partial charge in [0, 0.05) is 28.1 Å². The molecule has 106 valence electrons. The summed E-state index contributed by atoms with van der Waals surface area (Å²) in [6, 6.07) is 5.10. The maximum Gasteiger partial charge on any atom is 0.275 e. The van der Waals surface area contributed by atoms with E-state index in [1.165, 1.54) is 17.4 Å². The van der Waals surface area contributed by atoms with Gasteiger partial charge in [0.05, 0.1) is 0 Å². The first kappa shape index (κ1) is 13.8. The Hall–Kier alpha value is -2.12. The van der Waals surface area contributed by atoms with Gasteiger partial charge in [0.2, 0.25) is 0 Å². The predicted octanol–water partition coefficient (Wildman–Crippen LogP) is 4.40. The van der Waals surface area contributed by atoms with Gasteiger partial charge in [-0.15, -0.1) is 11.3 Å². The Bertz CT molecular complexity index is 784. The predicted molar refractivity (Wildman–Crippen MR) is 79.7 cm³/mol. The van der Waals surface area contributed by atoms with Crippen LogP contribution in [0.5, 0.6) is 0 Å². The Morgan fingerprint density at radius 1 is 1.14 bits per heavy atom. The Morgan fingerprint density at radius 2 is 2.00 bits per heavy atom. The van der Waals surface area contributed by atoms with E-state index < -0.39 is 17.5 Å². The number of hydrogen-bond donors (Lipinski definition) is 1. The Balaban J connectivity index is 1.78. The second kappa shape index (κ2) is 5.71. The number of carbonyl (C=O) groups is 1. The number of rotatable bonds is 3.